The van der Waals surface area contributed by atoms with Crippen LogP contribution < -0.4 is 0 Å². The molecule has 1 aromatic rings. The lowest BCUT2D eigenvalue weighted by Crippen LogP contribution is -2.28. The predicted molar refractivity (Wildman–Crippen MR) is 91.0 cm³/mol. The first kappa shape index (κ1) is 18.4. The summed E-state index contributed by atoms with van der Waals surface area (Å²) in [7, 11) is 0. The van der Waals surface area contributed by atoms with E-state index in [2.05, 4.69) is 0 Å². The van der Waals surface area contributed by atoms with Crippen molar-refractivity contribution in [1.29, 1.82) is 0 Å². The molecule has 3 N–H and O–H groups in total. The van der Waals surface area contributed by atoms with E-state index >= 15 is 0 Å². The van der Waals surface area contributed by atoms with Gasteiger partial charge in [-0.1, -0.05) is 48.6 Å². The van der Waals surface area contributed by atoms with Crippen molar-refractivity contribution >= 4 is 12.0 Å². The van der Waals surface area contributed by atoms with Gasteiger partial charge in [0, 0.05) is 25.3 Å². The van der Waals surface area contributed by atoms with Gasteiger partial charge in [-0.3, -0.25) is 0 Å². The van der Waals surface area contributed by atoms with E-state index in [1.165, 1.54) is 6.08 Å². The van der Waals surface area contributed by atoms with Gasteiger partial charge in [-0.2, -0.15) is 0 Å². The average Bonchev–Trinajstić information content (AvgIpc) is 2.53. The maximum absolute atomic E-state index is 11.1. The van der Waals surface area contributed by atoms with Crippen molar-refractivity contribution in [2.75, 3.05) is 0 Å². The van der Waals surface area contributed by atoms with Crippen LogP contribution in [0.4, 0.5) is 0 Å². The second-order valence-electron chi connectivity index (χ2n) is 6.05. The molecule has 0 radical (unpaired) electrons. The Kier molecular flexibility index (Phi) is 7.18. The summed E-state index contributed by atoms with van der Waals surface area (Å²) in [6.45, 7) is 0. The van der Waals surface area contributed by atoms with Gasteiger partial charge in [-0.05, 0) is 12.0 Å². The lowest BCUT2D eigenvalue weighted by Gasteiger charge is -2.23. The number of hydrogen-bond donors (Lipinski definition) is 3. The van der Waals surface area contributed by atoms with E-state index in [1.807, 2.05) is 30.3 Å². The molecule has 1 aliphatic rings. The summed E-state index contributed by atoms with van der Waals surface area (Å²) in [6.07, 6.45) is 4.88. The quantitative estimate of drug-likeness (QED) is 0.632. The lowest BCUT2D eigenvalue weighted by atomic mass is 9.99. The largest absolute Gasteiger partial charge is 0.459 e. The SMILES string of the molecule is O=C1C=CC[C@H](C[C@@H](O)C[C@@H](O)C[C@@H](O)/C=C/c2ccccc2)O1. The fraction of sp³-hybridized carbons (Fsp3) is 0.421. The summed E-state index contributed by atoms with van der Waals surface area (Å²) >= 11 is 0. The molecular formula is C19H24O5. The Labute approximate surface area is 141 Å². The first-order valence-corrected chi connectivity index (χ1v) is 8.17. The molecule has 0 aliphatic carbocycles. The third-order valence-electron chi connectivity index (χ3n) is 3.84. The highest BCUT2D eigenvalue weighted by molar-refractivity contribution is 5.82. The van der Waals surface area contributed by atoms with Crippen LogP contribution in [0.5, 0.6) is 0 Å². The number of aliphatic hydroxyl groups is 3. The van der Waals surface area contributed by atoms with Crippen molar-refractivity contribution in [2.24, 2.45) is 0 Å². The van der Waals surface area contributed by atoms with E-state index in [0.717, 1.165) is 5.56 Å². The van der Waals surface area contributed by atoms with E-state index in [9.17, 15) is 20.1 Å². The van der Waals surface area contributed by atoms with Gasteiger partial charge in [0.15, 0.2) is 0 Å². The minimum atomic E-state index is -0.828. The van der Waals surface area contributed by atoms with Gasteiger partial charge >= 0.3 is 5.97 Å². The number of ether oxygens (including phenoxy) is 1. The Morgan fingerprint density at radius 1 is 1.12 bits per heavy atom. The third-order valence-corrected chi connectivity index (χ3v) is 3.84. The zero-order valence-electron chi connectivity index (χ0n) is 13.5. The second kappa shape index (κ2) is 9.37. The van der Waals surface area contributed by atoms with Crippen molar-refractivity contribution in [3.05, 3.63) is 54.1 Å². The van der Waals surface area contributed by atoms with E-state index in [-0.39, 0.29) is 25.4 Å². The van der Waals surface area contributed by atoms with Gasteiger partial charge in [0.1, 0.15) is 6.10 Å². The van der Waals surface area contributed by atoms with Crippen LogP contribution in [0.15, 0.2) is 48.6 Å². The van der Waals surface area contributed by atoms with Crippen LogP contribution in [-0.2, 0) is 9.53 Å². The van der Waals surface area contributed by atoms with Crippen LogP contribution in [0.25, 0.3) is 6.08 Å². The van der Waals surface area contributed by atoms with Gasteiger partial charge in [0.2, 0.25) is 0 Å². The van der Waals surface area contributed by atoms with Crippen molar-refractivity contribution < 1.29 is 24.9 Å². The molecule has 24 heavy (non-hydrogen) atoms. The van der Waals surface area contributed by atoms with Crippen LogP contribution in [0.1, 0.15) is 31.2 Å². The maximum atomic E-state index is 11.1. The molecule has 0 fully saturated rings. The molecule has 0 spiro atoms. The molecule has 1 aromatic carbocycles. The van der Waals surface area contributed by atoms with Crippen LogP contribution >= 0.6 is 0 Å². The summed E-state index contributed by atoms with van der Waals surface area (Å²) in [4.78, 5) is 11.1. The number of aliphatic hydroxyl groups excluding tert-OH is 3. The standard InChI is InChI=1S/C19H24O5/c20-15(10-9-14-5-2-1-3-6-14)11-16(21)12-17(22)13-18-7-4-8-19(23)24-18/h1-6,8-10,15-18,20-22H,7,11-13H2/b10-9+/t15-,16-,17-,18+/m0/s1. The van der Waals surface area contributed by atoms with Crippen molar-refractivity contribution in [1.82, 2.24) is 0 Å². The smallest absolute Gasteiger partial charge is 0.330 e. The molecule has 5 nitrogen and oxygen atoms in total. The Balaban J connectivity index is 1.71. The molecule has 4 atom stereocenters. The van der Waals surface area contributed by atoms with Crippen molar-refractivity contribution in [3.63, 3.8) is 0 Å². The number of esters is 1. The highest BCUT2D eigenvalue weighted by Crippen LogP contribution is 2.17. The molecule has 5 heteroatoms. The number of carbonyl (C=O) groups is 1. The molecule has 0 aromatic heterocycles. The molecule has 0 bridgehead atoms. The Morgan fingerprint density at radius 2 is 1.88 bits per heavy atom. The molecule has 1 aliphatic heterocycles. The topological polar surface area (TPSA) is 87.0 Å². The number of hydrogen-bond acceptors (Lipinski definition) is 5. The van der Waals surface area contributed by atoms with Crippen LogP contribution in [0.2, 0.25) is 0 Å². The number of cyclic esters (lactones) is 1. The van der Waals surface area contributed by atoms with Gasteiger partial charge in [-0.15, -0.1) is 0 Å². The fourth-order valence-electron chi connectivity index (χ4n) is 2.67. The zero-order chi connectivity index (χ0) is 17.4. The average molecular weight is 332 g/mol. The summed E-state index contributed by atoms with van der Waals surface area (Å²) in [5, 5.41) is 29.9. The van der Waals surface area contributed by atoms with Gasteiger partial charge in [-0.25, -0.2) is 4.79 Å². The molecular weight excluding hydrogens is 308 g/mol. The number of benzene rings is 1. The van der Waals surface area contributed by atoms with Gasteiger partial charge in [0.05, 0.1) is 18.3 Å². The minimum Gasteiger partial charge on any atom is -0.459 e. The van der Waals surface area contributed by atoms with E-state index < -0.39 is 24.3 Å². The molecule has 2 rings (SSSR count). The normalized spacial score (nSPS) is 21.5. The first-order valence-electron chi connectivity index (χ1n) is 8.17. The van der Waals surface area contributed by atoms with Gasteiger partial charge < -0.3 is 20.1 Å². The molecule has 0 amide bonds. The van der Waals surface area contributed by atoms with E-state index in [0.29, 0.717) is 6.42 Å². The monoisotopic (exact) mass is 332 g/mol. The highest BCUT2D eigenvalue weighted by atomic mass is 16.5. The number of rotatable bonds is 8. The minimum absolute atomic E-state index is 0.133. The Bertz CT molecular complexity index is 566. The zero-order valence-corrected chi connectivity index (χ0v) is 13.5. The van der Waals surface area contributed by atoms with E-state index in [4.69, 9.17) is 4.74 Å². The molecule has 0 unspecified atom stereocenters. The lowest BCUT2D eigenvalue weighted by molar-refractivity contribution is -0.145. The van der Waals surface area contributed by atoms with Crippen molar-refractivity contribution in [3.8, 4) is 0 Å². The highest BCUT2D eigenvalue weighted by Gasteiger charge is 2.22. The van der Waals surface area contributed by atoms with Crippen LogP contribution in [0.3, 0.4) is 0 Å². The first-order chi connectivity index (χ1) is 11.5. The summed E-state index contributed by atoms with van der Waals surface area (Å²) in [5.74, 6) is -0.402. The van der Waals surface area contributed by atoms with Crippen molar-refractivity contribution in [2.45, 2.75) is 50.1 Å². The maximum Gasteiger partial charge on any atom is 0.330 e. The molecule has 1 heterocycles. The Hall–Kier alpha value is -1.95. The second-order valence-corrected chi connectivity index (χ2v) is 6.05. The molecule has 0 saturated carbocycles. The predicted octanol–water partition coefficient (Wildman–Crippen LogP) is 1.82. The molecule has 0 saturated heterocycles. The molecule has 130 valence electrons. The fourth-order valence-corrected chi connectivity index (χ4v) is 2.67. The summed E-state index contributed by atoms with van der Waals surface area (Å²) in [6, 6.07) is 9.57. The third kappa shape index (κ3) is 6.66. The van der Waals surface area contributed by atoms with Crippen LogP contribution in [0, 0.1) is 0 Å². The Morgan fingerprint density at radius 3 is 2.58 bits per heavy atom. The van der Waals surface area contributed by atoms with E-state index in [1.54, 1.807) is 18.2 Å². The summed E-state index contributed by atoms with van der Waals surface area (Å²) in [5.41, 5.74) is 0.971. The van der Waals surface area contributed by atoms with Crippen LogP contribution in [-0.4, -0.2) is 45.7 Å². The summed E-state index contributed by atoms with van der Waals surface area (Å²) < 4.78 is 5.08. The number of carbonyl (C=O) groups excluding carboxylic acids is 1. The van der Waals surface area contributed by atoms with Gasteiger partial charge in [0.25, 0.3) is 0 Å².